The van der Waals surface area contributed by atoms with Gasteiger partial charge in [0.25, 0.3) is 0 Å². The van der Waals surface area contributed by atoms with E-state index in [0.717, 1.165) is 0 Å². The van der Waals surface area contributed by atoms with Crippen LogP contribution in [0.3, 0.4) is 0 Å². The third-order valence-electron chi connectivity index (χ3n) is 0. The average molecular weight is 276 g/mol. The summed E-state index contributed by atoms with van der Waals surface area (Å²) in [6.07, 6.45) is 0. The first kappa shape index (κ1) is 5.24. The molecule has 0 nitrogen and oxygen atoms in total. The van der Waals surface area contributed by atoms with Crippen molar-refractivity contribution >= 4 is 29.7 Å². The molecule has 0 saturated carbocycles. The summed E-state index contributed by atoms with van der Waals surface area (Å²) in [6.45, 7) is 1.64. The molecule has 26 valence electrons. The molecule has 0 aliphatic carbocycles. The Kier molecular flexibility index (Phi) is 3.25. The molecular weight excluding hydrogens is 271 g/mol. The van der Waals surface area contributed by atoms with Crippen molar-refractivity contribution in [2.24, 2.45) is 0 Å². The molecule has 0 N–H and O–H groups in total. The molecule has 0 bridgehead atoms. The van der Waals surface area contributed by atoms with Gasteiger partial charge in [0.05, 0.1) is 0 Å². The molecule has 0 aliphatic rings. The summed E-state index contributed by atoms with van der Waals surface area (Å²) in [7, 11) is 0. The Morgan fingerprint density at radius 2 is 2.00 bits per heavy atom. The molecule has 0 rings (SSSR count). The predicted octanol–water partition coefficient (Wildman–Crippen LogP) is 0.531. The van der Waals surface area contributed by atoms with E-state index >= 15 is 0 Å². The first-order chi connectivity index (χ1) is 1.73. The SMILES string of the molecule is C[P](F)[BiH2]. The second-order valence-corrected chi connectivity index (χ2v) is 9.87. The van der Waals surface area contributed by atoms with Crippen molar-refractivity contribution in [1.82, 2.24) is 0 Å². The molecule has 0 aliphatic heterocycles. The van der Waals surface area contributed by atoms with Gasteiger partial charge in [-0.1, -0.05) is 0 Å². The predicted molar refractivity (Wildman–Crippen MR) is 22.5 cm³/mol. The van der Waals surface area contributed by atoms with Gasteiger partial charge in [0.15, 0.2) is 0 Å². The van der Waals surface area contributed by atoms with Gasteiger partial charge in [-0.2, -0.15) is 0 Å². The molecule has 0 spiro atoms. The van der Waals surface area contributed by atoms with Crippen LogP contribution in [0.15, 0.2) is 0 Å². The summed E-state index contributed by atoms with van der Waals surface area (Å²) in [6, 6.07) is 0. The average Bonchev–Trinajstić information content (AvgIpc) is 0.811. The van der Waals surface area contributed by atoms with Crippen LogP contribution in [0.25, 0.3) is 0 Å². The Bertz CT molecular complexity index is 12.8. The van der Waals surface area contributed by atoms with Crippen LogP contribution < -0.4 is 0 Å². The molecule has 4 heavy (non-hydrogen) atoms. The van der Waals surface area contributed by atoms with Gasteiger partial charge in [-0.3, -0.25) is 0 Å². The standard InChI is InChI=1S/CH3FP.Bi.2H/c1-3-2;;;/h1H3;;;/q-1;+1;;. The molecule has 0 saturated heterocycles. The van der Waals surface area contributed by atoms with Gasteiger partial charge in [0.2, 0.25) is 0 Å². The van der Waals surface area contributed by atoms with Gasteiger partial charge >= 0.3 is 40.5 Å². The van der Waals surface area contributed by atoms with E-state index in [9.17, 15) is 4.20 Å². The summed E-state index contributed by atoms with van der Waals surface area (Å²) in [5, 5.41) is 0. The summed E-state index contributed by atoms with van der Waals surface area (Å²) in [5.41, 5.74) is -0.954. The van der Waals surface area contributed by atoms with Crippen molar-refractivity contribution in [1.29, 1.82) is 0 Å². The minimum atomic E-state index is -0.954. The summed E-state index contributed by atoms with van der Waals surface area (Å²) in [4.78, 5) is 0. The fourth-order valence-electron chi connectivity index (χ4n) is 0. The topological polar surface area (TPSA) is 0 Å². The maximum absolute atomic E-state index is 11.1. The Morgan fingerprint density at radius 1 is 2.00 bits per heavy atom. The van der Waals surface area contributed by atoms with Crippen LogP contribution in [-0.4, -0.2) is 30.8 Å². The molecular formula is CH5BiFP. The van der Waals surface area contributed by atoms with E-state index in [0.29, 0.717) is 24.1 Å². The van der Waals surface area contributed by atoms with Crippen molar-refractivity contribution in [2.75, 3.05) is 6.66 Å². The van der Waals surface area contributed by atoms with Crippen molar-refractivity contribution in [2.45, 2.75) is 0 Å². The van der Waals surface area contributed by atoms with Crippen LogP contribution in [0.2, 0.25) is 0 Å². The van der Waals surface area contributed by atoms with Gasteiger partial charge in [0, 0.05) is 0 Å². The van der Waals surface area contributed by atoms with E-state index in [1.807, 2.05) is 0 Å². The van der Waals surface area contributed by atoms with E-state index in [4.69, 9.17) is 0 Å². The van der Waals surface area contributed by atoms with Gasteiger partial charge < -0.3 is 0 Å². The van der Waals surface area contributed by atoms with E-state index in [1.165, 1.54) is 0 Å². The molecule has 0 fully saturated rings. The zero-order chi connectivity index (χ0) is 3.58. The zero-order valence-electron chi connectivity index (χ0n) is 2.40. The fourth-order valence-corrected chi connectivity index (χ4v) is 0. The minimum absolute atomic E-state index is 0.583. The molecule has 0 aromatic rings. The van der Waals surface area contributed by atoms with Crippen molar-refractivity contribution < 1.29 is 4.20 Å². The van der Waals surface area contributed by atoms with Gasteiger partial charge in [-0.15, -0.1) is 0 Å². The van der Waals surface area contributed by atoms with E-state index < -0.39 is 5.53 Å². The third kappa shape index (κ3) is 10.6. The molecule has 3 heteroatoms. The summed E-state index contributed by atoms with van der Waals surface area (Å²) >= 11 is 0.583. The second kappa shape index (κ2) is 2.48. The Morgan fingerprint density at radius 3 is 2.00 bits per heavy atom. The number of hydrogen-bond acceptors (Lipinski definition) is 0. The summed E-state index contributed by atoms with van der Waals surface area (Å²) < 4.78 is 11.1. The van der Waals surface area contributed by atoms with Gasteiger partial charge in [-0.25, -0.2) is 0 Å². The summed E-state index contributed by atoms with van der Waals surface area (Å²) in [5.74, 6) is 0. The Labute approximate surface area is 40.8 Å². The number of rotatable bonds is 0. The molecule has 1 unspecified atom stereocenters. The van der Waals surface area contributed by atoms with Crippen molar-refractivity contribution in [3.8, 4) is 0 Å². The first-order valence-corrected chi connectivity index (χ1v) is 8.65. The van der Waals surface area contributed by atoms with Crippen LogP contribution in [-0.2, 0) is 0 Å². The van der Waals surface area contributed by atoms with Crippen LogP contribution >= 0.6 is 5.53 Å². The Hall–Kier alpha value is 1.24. The van der Waals surface area contributed by atoms with E-state index in [1.54, 1.807) is 6.66 Å². The second-order valence-electron chi connectivity index (χ2n) is 0.525. The fraction of sp³-hybridized carbons (Fsp3) is 1.00. The van der Waals surface area contributed by atoms with E-state index in [2.05, 4.69) is 0 Å². The van der Waals surface area contributed by atoms with Crippen molar-refractivity contribution in [3.05, 3.63) is 0 Å². The van der Waals surface area contributed by atoms with Crippen LogP contribution in [0.1, 0.15) is 0 Å². The van der Waals surface area contributed by atoms with Crippen LogP contribution in [0, 0.1) is 0 Å². The van der Waals surface area contributed by atoms with Crippen LogP contribution in [0.5, 0.6) is 0 Å². The van der Waals surface area contributed by atoms with Gasteiger partial charge in [0.1, 0.15) is 0 Å². The molecule has 0 heterocycles. The molecule has 0 aromatic carbocycles. The molecule has 0 amide bonds. The van der Waals surface area contributed by atoms with Gasteiger partial charge in [-0.05, 0) is 0 Å². The zero-order valence-corrected chi connectivity index (χ0v) is 7.79. The normalized spacial score (nSPS) is 15.8. The van der Waals surface area contributed by atoms with Crippen LogP contribution in [0.4, 0.5) is 4.20 Å². The first-order valence-electron chi connectivity index (χ1n) is 0.874. The molecule has 0 radical (unpaired) electrons. The molecule has 1 atom stereocenters. The van der Waals surface area contributed by atoms with Crippen molar-refractivity contribution in [3.63, 3.8) is 0 Å². The van der Waals surface area contributed by atoms with E-state index in [-0.39, 0.29) is 0 Å². The Balaban J connectivity index is 2.32. The number of halogens is 1. The maximum atomic E-state index is 11.1. The third-order valence-corrected chi connectivity index (χ3v) is 0. The molecule has 0 aromatic heterocycles. The quantitative estimate of drug-likeness (QED) is 0.447. The monoisotopic (exact) mass is 276 g/mol. The number of hydrogen-bond donors (Lipinski definition) is 0.